The second-order valence-corrected chi connectivity index (χ2v) is 4.94. The Bertz CT molecular complexity index is 367. The monoisotopic (exact) mass is 253 g/mol. The molecule has 1 aliphatic heterocycles. The fourth-order valence-electron chi connectivity index (χ4n) is 2.71. The molecule has 3 atom stereocenters. The summed E-state index contributed by atoms with van der Waals surface area (Å²) in [5, 5.41) is 14.5. The molecule has 102 valence electrons. The van der Waals surface area contributed by atoms with Crippen LogP contribution in [-0.2, 0) is 17.7 Å². The Hall–Kier alpha value is -0.940. The van der Waals surface area contributed by atoms with Crippen LogP contribution in [0.15, 0.2) is 6.33 Å². The number of nitrogens with zero attached hydrogens (tertiary/aromatic N) is 3. The van der Waals surface area contributed by atoms with Crippen molar-refractivity contribution in [3.8, 4) is 0 Å². The maximum absolute atomic E-state index is 10.4. The Morgan fingerprint density at radius 1 is 1.56 bits per heavy atom. The lowest BCUT2D eigenvalue weighted by atomic mass is 9.91. The van der Waals surface area contributed by atoms with Gasteiger partial charge in [-0.15, -0.1) is 0 Å². The van der Waals surface area contributed by atoms with E-state index in [1.165, 1.54) is 0 Å². The number of rotatable bonds is 6. The molecule has 1 N–H and O–H groups in total. The van der Waals surface area contributed by atoms with Crippen LogP contribution in [0.1, 0.15) is 38.9 Å². The van der Waals surface area contributed by atoms with Crippen LogP contribution in [0.2, 0.25) is 0 Å². The number of aromatic nitrogens is 3. The zero-order valence-electron chi connectivity index (χ0n) is 11.2. The van der Waals surface area contributed by atoms with Gasteiger partial charge in [0, 0.05) is 25.5 Å². The summed E-state index contributed by atoms with van der Waals surface area (Å²) in [5.41, 5.74) is 0. The van der Waals surface area contributed by atoms with Crippen LogP contribution >= 0.6 is 0 Å². The highest BCUT2D eigenvalue weighted by Gasteiger charge is 2.33. The molecule has 0 aromatic carbocycles. The minimum Gasteiger partial charge on any atom is -0.392 e. The summed E-state index contributed by atoms with van der Waals surface area (Å²) in [7, 11) is 0. The molecule has 0 bridgehead atoms. The summed E-state index contributed by atoms with van der Waals surface area (Å²) < 4.78 is 7.52. The molecule has 3 unspecified atom stereocenters. The van der Waals surface area contributed by atoms with E-state index >= 15 is 0 Å². The number of aliphatic hydroxyl groups is 1. The summed E-state index contributed by atoms with van der Waals surface area (Å²) in [6.45, 7) is 5.84. The highest BCUT2D eigenvalue weighted by Crippen LogP contribution is 2.27. The highest BCUT2D eigenvalue weighted by atomic mass is 16.5. The third-order valence-corrected chi connectivity index (χ3v) is 3.68. The number of hydrogen-bond donors (Lipinski definition) is 1. The molecule has 5 nitrogen and oxygen atoms in total. The van der Waals surface area contributed by atoms with Crippen molar-refractivity contribution in [3.63, 3.8) is 0 Å². The molecule has 5 heteroatoms. The first-order valence-corrected chi connectivity index (χ1v) is 6.92. The van der Waals surface area contributed by atoms with Crippen molar-refractivity contribution in [1.29, 1.82) is 0 Å². The van der Waals surface area contributed by atoms with Gasteiger partial charge in [-0.1, -0.05) is 13.8 Å². The molecule has 2 rings (SSSR count). The van der Waals surface area contributed by atoms with E-state index in [9.17, 15) is 5.11 Å². The van der Waals surface area contributed by atoms with Gasteiger partial charge in [0.05, 0.1) is 12.2 Å². The predicted molar refractivity (Wildman–Crippen MR) is 68.2 cm³/mol. The zero-order chi connectivity index (χ0) is 13.0. The van der Waals surface area contributed by atoms with Gasteiger partial charge in [0.25, 0.3) is 0 Å². The first-order valence-electron chi connectivity index (χ1n) is 6.92. The van der Waals surface area contributed by atoms with Gasteiger partial charge in [0.2, 0.25) is 0 Å². The fourth-order valence-corrected chi connectivity index (χ4v) is 2.71. The maximum atomic E-state index is 10.4. The Balaban J connectivity index is 1.97. The van der Waals surface area contributed by atoms with Crippen LogP contribution in [0.4, 0.5) is 0 Å². The van der Waals surface area contributed by atoms with E-state index in [4.69, 9.17) is 4.74 Å². The Kier molecular flexibility index (Phi) is 4.72. The number of aliphatic hydroxyl groups excluding tert-OH is 1. The Labute approximate surface area is 108 Å². The maximum Gasteiger partial charge on any atom is 0.138 e. The summed E-state index contributed by atoms with van der Waals surface area (Å²) in [4.78, 5) is 4.25. The molecule has 0 amide bonds. The van der Waals surface area contributed by atoms with E-state index < -0.39 is 0 Å². The lowest BCUT2D eigenvalue weighted by molar-refractivity contribution is 0.0305. The van der Waals surface area contributed by atoms with Crippen molar-refractivity contribution < 1.29 is 9.84 Å². The van der Waals surface area contributed by atoms with E-state index in [2.05, 4.69) is 23.9 Å². The molecule has 0 aliphatic carbocycles. The summed E-state index contributed by atoms with van der Waals surface area (Å²) in [6, 6.07) is 0. The van der Waals surface area contributed by atoms with E-state index in [0.717, 1.165) is 38.2 Å². The van der Waals surface area contributed by atoms with Crippen molar-refractivity contribution in [2.45, 2.75) is 58.3 Å². The van der Waals surface area contributed by atoms with Crippen molar-refractivity contribution >= 4 is 0 Å². The van der Waals surface area contributed by atoms with E-state index in [0.29, 0.717) is 6.42 Å². The molecular weight excluding hydrogens is 230 g/mol. The molecular formula is C13H23N3O2. The molecule has 1 aliphatic rings. The van der Waals surface area contributed by atoms with Gasteiger partial charge >= 0.3 is 0 Å². The molecule has 18 heavy (non-hydrogen) atoms. The van der Waals surface area contributed by atoms with Gasteiger partial charge in [-0.3, -0.25) is 4.68 Å². The summed E-state index contributed by atoms with van der Waals surface area (Å²) >= 11 is 0. The first kappa shape index (κ1) is 13.5. The lowest BCUT2D eigenvalue weighted by Gasteiger charge is -2.22. The SMILES string of the molecule is CCCn1ncnc1CC(O)C1CCOC1CC. The molecule has 0 spiro atoms. The van der Waals surface area contributed by atoms with Crippen molar-refractivity contribution in [2.24, 2.45) is 5.92 Å². The van der Waals surface area contributed by atoms with Crippen LogP contribution < -0.4 is 0 Å². The largest absolute Gasteiger partial charge is 0.392 e. The van der Waals surface area contributed by atoms with Crippen LogP contribution in [0.25, 0.3) is 0 Å². The number of hydrogen-bond acceptors (Lipinski definition) is 4. The minimum atomic E-state index is -0.378. The number of aryl methyl sites for hydroxylation is 1. The Morgan fingerprint density at radius 2 is 2.39 bits per heavy atom. The quantitative estimate of drug-likeness (QED) is 0.832. The third-order valence-electron chi connectivity index (χ3n) is 3.68. The fraction of sp³-hybridized carbons (Fsp3) is 0.846. The molecule has 1 aromatic rings. The lowest BCUT2D eigenvalue weighted by Crippen LogP contribution is -2.30. The second kappa shape index (κ2) is 6.29. The van der Waals surface area contributed by atoms with Crippen molar-refractivity contribution in [2.75, 3.05) is 6.61 Å². The smallest absolute Gasteiger partial charge is 0.138 e. The molecule has 1 aromatic heterocycles. The van der Waals surface area contributed by atoms with E-state index in [1.54, 1.807) is 6.33 Å². The van der Waals surface area contributed by atoms with Gasteiger partial charge in [0.15, 0.2) is 0 Å². The van der Waals surface area contributed by atoms with Gasteiger partial charge in [-0.2, -0.15) is 5.10 Å². The molecule has 2 heterocycles. The topological polar surface area (TPSA) is 60.2 Å². The van der Waals surface area contributed by atoms with Crippen LogP contribution in [0, 0.1) is 5.92 Å². The molecule has 0 radical (unpaired) electrons. The first-order chi connectivity index (χ1) is 8.76. The summed E-state index contributed by atoms with van der Waals surface area (Å²) in [6.07, 6.45) is 4.89. The minimum absolute atomic E-state index is 0.197. The van der Waals surface area contributed by atoms with Crippen LogP contribution in [0.3, 0.4) is 0 Å². The summed E-state index contributed by atoms with van der Waals surface area (Å²) in [5.74, 6) is 1.12. The van der Waals surface area contributed by atoms with E-state index in [1.807, 2.05) is 4.68 Å². The van der Waals surface area contributed by atoms with Gasteiger partial charge in [0.1, 0.15) is 12.2 Å². The number of ether oxygens (including phenoxy) is 1. The zero-order valence-corrected chi connectivity index (χ0v) is 11.2. The third kappa shape index (κ3) is 2.90. The van der Waals surface area contributed by atoms with Crippen LogP contribution in [0.5, 0.6) is 0 Å². The highest BCUT2D eigenvalue weighted by molar-refractivity contribution is 4.92. The van der Waals surface area contributed by atoms with Gasteiger partial charge in [-0.05, 0) is 19.3 Å². The average molecular weight is 253 g/mol. The van der Waals surface area contributed by atoms with Gasteiger partial charge in [-0.25, -0.2) is 4.98 Å². The normalized spacial score (nSPS) is 25.5. The van der Waals surface area contributed by atoms with Crippen molar-refractivity contribution in [1.82, 2.24) is 14.8 Å². The van der Waals surface area contributed by atoms with Crippen molar-refractivity contribution in [3.05, 3.63) is 12.2 Å². The Morgan fingerprint density at radius 3 is 3.11 bits per heavy atom. The van der Waals surface area contributed by atoms with E-state index in [-0.39, 0.29) is 18.1 Å². The molecule has 0 saturated carbocycles. The molecule has 1 fully saturated rings. The van der Waals surface area contributed by atoms with Crippen LogP contribution in [-0.4, -0.2) is 38.7 Å². The standard InChI is InChI=1S/C13H23N3O2/c1-3-6-16-13(14-9-15-16)8-11(17)10-5-7-18-12(10)4-2/h9-12,17H,3-8H2,1-2H3. The second-order valence-electron chi connectivity index (χ2n) is 4.94. The molecule has 1 saturated heterocycles. The average Bonchev–Trinajstić information content (AvgIpc) is 2.98. The predicted octanol–water partition coefficient (Wildman–Crippen LogP) is 1.41. The van der Waals surface area contributed by atoms with Gasteiger partial charge < -0.3 is 9.84 Å².